The number of carbonyl (C=O) groups is 1. The van der Waals surface area contributed by atoms with Crippen LogP contribution in [0.5, 0.6) is 28.7 Å². The Morgan fingerprint density at radius 1 is 0.903 bits per heavy atom. The molecule has 2 aromatic carbocycles. The van der Waals surface area contributed by atoms with Crippen LogP contribution >= 0.6 is 0 Å². The van der Waals surface area contributed by atoms with Crippen LogP contribution in [-0.2, 0) is 0 Å². The van der Waals surface area contributed by atoms with Gasteiger partial charge in [-0.2, -0.15) is 0 Å². The molecule has 5 rings (SSSR count). The van der Waals surface area contributed by atoms with Gasteiger partial charge in [0.2, 0.25) is 0 Å². The molecule has 31 heavy (non-hydrogen) atoms. The van der Waals surface area contributed by atoms with E-state index in [1.54, 1.807) is 6.07 Å². The Morgan fingerprint density at radius 3 is 2.29 bits per heavy atom. The van der Waals surface area contributed by atoms with Crippen LogP contribution < -0.4 is 14.2 Å². The number of ether oxygens (including phenoxy) is 3. The van der Waals surface area contributed by atoms with Gasteiger partial charge in [-0.05, 0) is 52.0 Å². The molecule has 0 spiro atoms. The summed E-state index contributed by atoms with van der Waals surface area (Å²) in [6, 6.07) is 4.73. The van der Waals surface area contributed by atoms with Gasteiger partial charge >= 0.3 is 0 Å². The van der Waals surface area contributed by atoms with Gasteiger partial charge in [0.1, 0.15) is 52.1 Å². The lowest BCUT2D eigenvalue weighted by Gasteiger charge is -2.33. The summed E-state index contributed by atoms with van der Waals surface area (Å²) in [5, 5.41) is 21.3. The van der Waals surface area contributed by atoms with Crippen molar-refractivity contribution in [2.75, 3.05) is 6.61 Å². The Balaban J connectivity index is 1.56. The molecule has 2 N–H and O–H groups in total. The van der Waals surface area contributed by atoms with E-state index in [0.717, 1.165) is 5.56 Å². The third kappa shape index (κ3) is 3.14. The first-order valence-electron chi connectivity index (χ1n) is 10.2. The molecule has 0 radical (unpaired) electrons. The summed E-state index contributed by atoms with van der Waals surface area (Å²) in [7, 11) is 0. The largest absolute Gasteiger partial charge is 0.508 e. The smallest absolute Gasteiger partial charge is 0.181 e. The van der Waals surface area contributed by atoms with Crippen molar-refractivity contribution in [2.45, 2.75) is 44.8 Å². The van der Waals surface area contributed by atoms with E-state index in [-0.39, 0.29) is 29.5 Å². The third-order valence-electron chi connectivity index (χ3n) is 5.81. The van der Waals surface area contributed by atoms with Crippen molar-refractivity contribution >= 4 is 17.9 Å². The highest BCUT2D eigenvalue weighted by atomic mass is 16.5. The second-order valence-electron chi connectivity index (χ2n) is 9.27. The van der Waals surface area contributed by atoms with Crippen LogP contribution in [-0.4, -0.2) is 33.8 Å². The molecule has 3 aliphatic rings. The molecule has 0 bridgehead atoms. The van der Waals surface area contributed by atoms with Gasteiger partial charge in [-0.15, -0.1) is 0 Å². The molecule has 0 aromatic heterocycles. The van der Waals surface area contributed by atoms with Gasteiger partial charge in [0.05, 0.1) is 11.5 Å². The second-order valence-corrected chi connectivity index (χ2v) is 9.27. The van der Waals surface area contributed by atoms with Gasteiger partial charge in [0.15, 0.2) is 5.78 Å². The van der Waals surface area contributed by atoms with Crippen molar-refractivity contribution < 1.29 is 29.2 Å². The highest BCUT2D eigenvalue weighted by Gasteiger charge is 2.38. The van der Waals surface area contributed by atoms with Gasteiger partial charge in [-0.1, -0.05) is 6.08 Å². The molecule has 0 saturated heterocycles. The molecular weight excluding hydrogens is 396 g/mol. The van der Waals surface area contributed by atoms with Crippen LogP contribution in [0.25, 0.3) is 12.2 Å². The summed E-state index contributed by atoms with van der Waals surface area (Å²) in [4.78, 5) is 13.4. The van der Waals surface area contributed by atoms with Crippen molar-refractivity contribution in [1.82, 2.24) is 0 Å². The van der Waals surface area contributed by atoms with Crippen LogP contribution in [0.2, 0.25) is 0 Å². The lowest BCUT2D eigenvalue weighted by Crippen LogP contribution is -2.30. The molecule has 0 fully saturated rings. The zero-order valence-electron chi connectivity index (χ0n) is 17.9. The van der Waals surface area contributed by atoms with Crippen molar-refractivity contribution in [3.8, 4) is 28.7 Å². The van der Waals surface area contributed by atoms with Crippen LogP contribution in [0.15, 0.2) is 30.4 Å². The van der Waals surface area contributed by atoms with Crippen LogP contribution in [0.4, 0.5) is 0 Å². The average molecular weight is 420 g/mol. The average Bonchev–Trinajstić information content (AvgIpc) is 2.66. The first-order valence-corrected chi connectivity index (χ1v) is 10.2. The maximum Gasteiger partial charge on any atom is 0.181 e. The fourth-order valence-electron chi connectivity index (χ4n) is 4.23. The fraction of sp³-hybridized carbons (Fsp3) is 0.320. The number of carbonyl (C=O) groups excluding carboxylic acids is 1. The summed E-state index contributed by atoms with van der Waals surface area (Å²) < 4.78 is 17.8. The molecule has 0 unspecified atom stereocenters. The summed E-state index contributed by atoms with van der Waals surface area (Å²) in [5.74, 6) is 0.0304. The van der Waals surface area contributed by atoms with Crippen molar-refractivity contribution in [3.63, 3.8) is 0 Å². The van der Waals surface area contributed by atoms with E-state index < -0.39 is 17.1 Å². The normalized spacial score (nSPS) is 21.8. The van der Waals surface area contributed by atoms with E-state index in [1.807, 2.05) is 52.0 Å². The van der Waals surface area contributed by atoms with Crippen molar-refractivity contribution in [1.29, 1.82) is 0 Å². The Hall–Kier alpha value is -3.41. The number of ketones is 1. The van der Waals surface area contributed by atoms with Crippen LogP contribution in [0.3, 0.4) is 0 Å². The lowest BCUT2D eigenvalue weighted by atomic mass is 9.85. The molecule has 160 valence electrons. The quantitative estimate of drug-likeness (QED) is 0.688. The highest BCUT2D eigenvalue weighted by molar-refractivity contribution is 6.08. The van der Waals surface area contributed by atoms with E-state index >= 15 is 0 Å². The first kappa shape index (κ1) is 19.5. The molecule has 6 heteroatoms. The minimum atomic E-state index is -0.755. The minimum absolute atomic E-state index is 0.0430. The monoisotopic (exact) mass is 420 g/mol. The minimum Gasteiger partial charge on any atom is -0.508 e. The van der Waals surface area contributed by atoms with Gasteiger partial charge < -0.3 is 24.4 Å². The number of hydrogen-bond acceptors (Lipinski definition) is 6. The molecule has 0 saturated carbocycles. The van der Waals surface area contributed by atoms with E-state index in [4.69, 9.17) is 14.2 Å². The molecule has 0 aliphatic carbocycles. The fourth-order valence-corrected chi connectivity index (χ4v) is 4.23. The Bertz CT molecular complexity index is 1190. The predicted molar refractivity (Wildman–Crippen MR) is 116 cm³/mol. The SMILES string of the molecule is CC1(C)C=Cc2cc([C@@H]3COc4c5c(cc(O)c4C3=O)OC(C)(C)C=C5)c(O)cc2O1. The number of fused-ring (bicyclic) bond motifs is 4. The van der Waals surface area contributed by atoms with E-state index in [1.165, 1.54) is 12.1 Å². The van der Waals surface area contributed by atoms with E-state index in [9.17, 15) is 15.0 Å². The molecule has 3 heterocycles. The second kappa shape index (κ2) is 6.30. The Labute approximate surface area is 180 Å². The third-order valence-corrected chi connectivity index (χ3v) is 5.81. The zero-order valence-corrected chi connectivity index (χ0v) is 17.9. The highest BCUT2D eigenvalue weighted by Crippen LogP contribution is 2.48. The number of rotatable bonds is 1. The molecule has 1 atom stereocenters. The predicted octanol–water partition coefficient (Wildman–Crippen LogP) is 4.83. The van der Waals surface area contributed by atoms with E-state index in [0.29, 0.717) is 28.4 Å². The maximum absolute atomic E-state index is 13.4. The van der Waals surface area contributed by atoms with Gasteiger partial charge in [-0.3, -0.25) is 4.79 Å². The molecule has 3 aliphatic heterocycles. The summed E-state index contributed by atoms with van der Waals surface area (Å²) >= 11 is 0. The number of benzene rings is 2. The van der Waals surface area contributed by atoms with Crippen molar-refractivity contribution in [2.24, 2.45) is 0 Å². The Morgan fingerprint density at radius 2 is 1.55 bits per heavy atom. The lowest BCUT2D eigenvalue weighted by molar-refractivity contribution is 0.0887. The van der Waals surface area contributed by atoms with Gasteiger partial charge in [0.25, 0.3) is 0 Å². The van der Waals surface area contributed by atoms with Gasteiger partial charge in [-0.25, -0.2) is 0 Å². The number of phenols is 2. The van der Waals surface area contributed by atoms with Crippen molar-refractivity contribution in [3.05, 3.63) is 52.6 Å². The summed E-state index contributed by atoms with van der Waals surface area (Å²) in [6.07, 6.45) is 7.58. The molecular formula is C25H24O6. The zero-order chi connectivity index (χ0) is 22.1. The number of hydrogen-bond donors (Lipinski definition) is 2. The first-order chi connectivity index (χ1) is 14.5. The Kier molecular flexibility index (Phi) is 3.97. The number of Topliss-reactive ketones (excluding diaryl/α,β-unsaturated/α-hetero) is 1. The summed E-state index contributed by atoms with van der Waals surface area (Å²) in [6.45, 7) is 7.71. The van der Waals surface area contributed by atoms with Gasteiger partial charge in [0, 0.05) is 23.3 Å². The van der Waals surface area contributed by atoms with Crippen LogP contribution in [0.1, 0.15) is 60.7 Å². The standard InChI is InChI=1S/C25H24O6/c1-24(2)7-5-13-9-15(17(26)10-19(13)30-24)16-12-29-23-14-6-8-25(3,4)31-20(14)11-18(27)21(23)22(16)28/h5-11,16,26-27H,12H2,1-4H3/t16-/m0/s1. The number of phenolic OH excluding ortho intramolecular Hbond substituents is 2. The molecule has 0 amide bonds. The molecule has 2 aromatic rings. The molecule has 6 nitrogen and oxygen atoms in total. The van der Waals surface area contributed by atoms with Crippen LogP contribution in [0, 0.1) is 0 Å². The topological polar surface area (TPSA) is 85.2 Å². The number of aromatic hydroxyl groups is 2. The van der Waals surface area contributed by atoms with E-state index in [2.05, 4.69) is 0 Å². The summed E-state index contributed by atoms with van der Waals surface area (Å²) in [5.41, 5.74) is 0.957. The maximum atomic E-state index is 13.4.